The third-order valence-corrected chi connectivity index (χ3v) is 5.93. The van der Waals surface area contributed by atoms with Crippen LogP contribution in [0, 0.1) is 13.8 Å². The Morgan fingerprint density at radius 2 is 1.97 bits per heavy atom. The van der Waals surface area contributed by atoms with Crippen LogP contribution in [0.5, 0.6) is 5.75 Å². The number of aromatic nitrogens is 4. The minimum absolute atomic E-state index is 0.296. The van der Waals surface area contributed by atoms with E-state index in [4.69, 9.17) is 27.9 Å². The Balaban J connectivity index is 1.53. The van der Waals surface area contributed by atoms with Crippen LogP contribution in [0.4, 0.5) is 5.69 Å². The van der Waals surface area contributed by atoms with Crippen molar-refractivity contribution in [3.8, 4) is 16.3 Å². The summed E-state index contributed by atoms with van der Waals surface area (Å²) >= 11 is 13.5. The monoisotopic (exact) mass is 461 g/mol. The first kappa shape index (κ1) is 20.6. The summed E-state index contributed by atoms with van der Waals surface area (Å²) in [6.07, 6.45) is -0.761. The number of rotatable bonds is 5. The summed E-state index contributed by atoms with van der Waals surface area (Å²) in [4.78, 5) is 13.4. The number of hydrogen-bond donors (Lipinski definition) is 1. The molecule has 2 aromatic carbocycles. The maximum Gasteiger partial charge on any atom is 0.265 e. The molecule has 154 valence electrons. The topological polar surface area (TPSA) is 81.4 Å². The fourth-order valence-electron chi connectivity index (χ4n) is 2.77. The number of carbonyl (C=O) groups excluding carboxylic acids is 1. The number of benzene rings is 2. The molecule has 0 saturated heterocycles. The van der Waals surface area contributed by atoms with Gasteiger partial charge in [-0.15, -0.1) is 10.2 Å². The van der Waals surface area contributed by atoms with Crippen LogP contribution in [0.15, 0.2) is 36.4 Å². The van der Waals surface area contributed by atoms with Crippen molar-refractivity contribution in [3.05, 3.63) is 57.8 Å². The van der Waals surface area contributed by atoms with Crippen LogP contribution in [-0.4, -0.2) is 31.8 Å². The number of ether oxygens (including phenoxy) is 1. The second kappa shape index (κ2) is 8.22. The molecule has 2 aromatic heterocycles. The summed E-state index contributed by atoms with van der Waals surface area (Å²) in [5.74, 6) is 0.819. The van der Waals surface area contributed by atoms with Gasteiger partial charge >= 0.3 is 0 Å². The van der Waals surface area contributed by atoms with Crippen LogP contribution in [0.25, 0.3) is 15.5 Å². The van der Waals surface area contributed by atoms with Gasteiger partial charge in [-0.1, -0.05) is 46.7 Å². The molecule has 0 fully saturated rings. The molecule has 0 radical (unpaired) electrons. The van der Waals surface area contributed by atoms with Gasteiger partial charge in [0.2, 0.25) is 4.96 Å². The number of nitrogens with zero attached hydrogens (tertiary/aromatic N) is 4. The zero-order valence-electron chi connectivity index (χ0n) is 16.3. The van der Waals surface area contributed by atoms with E-state index in [2.05, 4.69) is 20.6 Å². The highest BCUT2D eigenvalue weighted by atomic mass is 35.5. The summed E-state index contributed by atoms with van der Waals surface area (Å²) in [6, 6.07) is 10.6. The Morgan fingerprint density at radius 1 is 1.17 bits per heavy atom. The van der Waals surface area contributed by atoms with Crippen molar-refractivity contribution in [2.24, 2.45) is 0 Å². The molecule has 1 atom stereocenters. The molecule has 0 aliphatic heterocycles. The first-order valence-corrected chi connectivity index (χ1v) is 10.6. The molecule has 0 spiro atoms. The van der Waals surface area contributed by atoms with Crippen LogP contribution in [0.1, 0.15) is 18.3 Å². The fraction of sp³-hybridized carbons (Fsp3) is 0.200. The molecular formula is C20H17Cl2N5O2S. The highest BCUT2D eigenvalue weighted by Gasteiger charge is 2.18. The Morgan fingerprint density at radius 3 is 2.70 bits per heavy atom. The van der Waals surface area contributed by atoms with Gasteiger partial charge in [0.1, 0.15) is 10.8 Å². The number of amides is 1. The molecule has 4 rings (SSSR count). The molecule has 0 aliphatic carbocycles. The van der Waals surface area contributed by atoms with Crippen LogP contribution in [0.2, 0.25) is 10.0 Å². The summed E-state index contributed by atoms with van der Waals surface area (Å²) in [6.45, 7) is 5.42. The highest BCUT2D eigenvalue weighted by molar-refractivity contribution is 7.19. The van der Waals surface area contributed by atoms with E-state index in [1.54, 1.807) is 29.6 Å². The lowest BCUT2D eigenvalue weighted by atomic mass is 10.1. The molecule has 1 amide bonds. The predicted molar refractivity (Wildman–Crippen MR) is 119 cm³/mol. The lowest BCUT2D eigenvalue weighted by Crippen LogP contribution is -2.30. The van der Waals surface area contributed by atoms with E-state index < -0.39 is 6.10 Å². The molecule has 0 bridgehead atoms. The molecule has 0 aliphatic rings. The number of carbonyl (C=O) groups is 1. The Bertz CT molecular complexity index is 1250. The molecule has 7 nitrogen and oxygen atoms in total. The lowest BCUT2D eigenvalue weighted by molar-refractivity contribution is -0.122. The zero-order chi connectivity index (χ0) is 21.4. The fourth-order valence-corrected chi connectivity index (χ4v) is 4.10. The SMILES string of the molecule is Cc1ccc(-c2nn3c(C)nnc3s2)cc1NC(=O)[C@@H](C)Oc1ccc(Cl)cc1Cl. The number of nitrogens with one attached hydrogen (secondary N) is 1. The average molecular weight is 462 g/mol. The van der Waals surface area contributed by atoms with Gasteiger partial charge in [-0.05, 0) is 50.6 Å². The van der Waals surface area contributed by atoms with Crippen molar-refractivity contribution >= 4 is 51.1 Å². The van der Waals surface area contributed by atoms with Crippen molar-refractivity contribution in [3.63, 3.8) is 0 Å². The number of anilines is 1. The minimum atomic E-state index is -0.761. The molecule has 0 unspecified atom stereocenters. The quantitative estimate of drug-likeness (QED) is 0.442. The number of hydrogen-bond acceptors (Lipinski definition) is 6. The molecule has 30 heavy (non-hydrogen) atoms. The number of aryl methyl sites for hydroxylation is 2. The maximum absolute atomic E-state index is 12.7. The van der Waals surface area contributed by atoms with Gasteiger partial charge in [0.15, 0.2) is 11.9 Å². The van der Waals surface area contributed by atoms with E-state index in [1.165, 1.54) is 11.3 Å². The average Bonchev–Trinajstić information content (AvgIpc) is 3.28. The largest absolute Gasteiger partial charge is 0.479 e. The third-order valence-electron chi connectivity index (χ3n) is 4.46. The van der Waals surface area contributed by atoms with E-state index in [-0.39, 0.29) is 5.91 Å². The summed E-state index contributed by atoms with van der Waals surface area (Å²) in [7, 11) is 0. The molecular weight excluding hydrogens is 445 g/mol. The maximum atomic E-state index is 12.7. The van der Waals surface area contributed by atoms with E-state index >= 15 is 0 Å². The van der Waals surface area contributed by atoms with Crippen LogP contribution in [0.3, 0.4) is 0 Å². The van der Waals surface area contributed by atoms with E-state index in [0.29, 0.717) is 21.5 Å². The molecule has 0 saturated carbocycles. The number of halogens is 2. The van der Waals surface area contributed by atoms with E-state index in [9.17, 15) is 4.79 Å². The van der Waals surface area contributed by atoms with Gasteiger partial charge in [-0.3, -0.25) is 4.79 Å². The van der Waals surface area contributed by atoms with Gasteiger partial charge in [0.05, 0.1) is 5.02 Å². The molecule has 4 aromatic rings. The van der Waals surface area contributed by atoms with Crippen LogP contribution < -0.4 is 10.1 Å². The first-order valence-electron chi connectivity index (χ1n) is 9.04. The van der Waals surface area contributed by atoms with Crippen LogP contribution >= 0.6 is 34.5 Å². The second-order valence-corrected chi connectivity index (χ2v) is 8.50. The normalized spacial score (nSPS) is 12.2. The van der Waals surface area contributed by atoms with Gasteiger partial charge in [0, 0.05) is 16.3 Å². The van der Waals surface area contributed by atoms with Gasteiger partial charge in [0.25, 0.3) is 5.91 Å². The van der Waals surface area contributed by atoms with E-state index in [1.807, 2.05) is 32.0 Å². The van der Waals surface area contributed by atoms with Crippen molar-refractivity contribution in [1.29, 1.82) is 0 Å². The van der Waals surface area contributed by atoms with Crippen molar-refractivity contribution in [1.82, 2.24) is 19.8 Å². The summed E-state index contributed by atoms with van der Waals surface area (Å²) < 4.78 is 7.40. The van der Waals surface area contributed by atoms with Gasteiger partial charge < -0.3 is 10.1 Å². The van der Waals surface area contributed by atoms with Gasteiger partial charge in [-0.2, -0.15) is 9.61 Å². The standard InChI is InChI=1S/C20H17Cl2N5O2S/c1-10-4-5-13(19-26-27-12(3)24-25-20(27)30-19)8-16(10)23-18(28)11(2)29-17-7-6-14(21)9-15(17)22/h4-9,11H,1-3H3,(H,23,28)/t11-/m1/s1. The smallest absolute Gasteiger partial charge is 0.265 e. The summed E-state index contributed by atoms with van der Waals surface area (Å²) in [5.41, 5.74) is 2.47. The van der Waals surface area contributed by atoms with E-state index in [0.717, 1.165) is 26.9 Å². The summed E-state index contributed by atoms with van der Waals surface area (Å²) in [5, 5.41) is 17.2. The molecule has 1 N–H and O–H groups in total. The Kier molecular flexibility index (Phi) is 5.64. The van der Waals surface area contributed by atoms with Crippen molar-refractivity contribution in [2.45, 2.75) is 26.9 Å². The highest BCUT2D eigenvalue weighted by Crippen LogP contribution is 2.30. The molecule has 10 heteroatoms. The van der Waals surface area contributed by atoms with Crippen molar-refractivity contribution < 1.29 is 9.53 Å². The first-order chi connectivity index (χ1) is 14.3. The third kappa shape index (κ3) is 4.12. The predicted octanol–water partition coefficient (Wildman–Crippen LogP) is 5.18. The lowest BCUT2D eigenvalue weighted by Gasteiger charge is -2.17. The zero-order valence-corrected chi connectivity index (χ0v) is 18.6. The Labute approximate surface area is 186 Å². The number of fused-ring (bicyclic) bond motifs is 1. The Hall–Kier alpha value is -2.68. The minimum Gasteiger partial charge on any atom is -0.479 e. The molecule has 2 heterocycles. The second-order valence-electron chi connectivity index (χ2n) is 6.70. The van der Waals surface area contributed by atoms with Crippen LogP contribution in [-0.2, 0) is 4.79 Å². The van der Waals surface area contributed by atoms with Crippen molar-refractivity contribution in [2.75, 3.05) is 5.32 Å². The van der Waals surface area contributed by atoms with Gasteiger partial charge in [-0.25, -0.2) is 0 Å².